The van der Waals surface area contributed by atoms with Crippen LogP contribution < -0.4 is 10.1 Å². The van der Waals surface area contributed by atoms with Gasteiger partial charge in [0.2, 0.25) is 5.91 Å². The lowest BCUT2D eigenvalue weighted by Gasteiger charge is -2.07. The number of rotatable bonds is 5. The molecule has 2 N–H and O–H groups in total. The first-order valence-corrected chi connectivity index (χ1v) is 8.18. The number of hydrogen-bond donors (Lipinski definition) is 2. The van der Waals surface area contributed by atoms with E-state index in [0.29, 0.717) is 22.6 Å². The molecule has 0 bridgehead atoms. The molecule has 0 saturated carbocycles. The van der Waals surface area contributed by atoms with Crippen molar-refractivity contribution >= 4 is 17.7 Å². The topological polar surface area (TPSA) is 71.5 Å². The maximum atomic E-state index is 14.2. The molecule has 1 aromatic heterocycles. The highest BCUT2D eigenvalue weighted by Gasteiger charge is 2.07. The van der Waals surface area contributed by atoms with Gasteiger partial charge in [-0.05, 0) is 54.5 Å². The van der Waals surface area contributed by atoms with Crippen molar-refractivity contribution in [1.82, 2.24) is 4.98 Å². The number of ether oxygens (including phenoxy) is 1. The van der Waals surface area contributed by atoms with Crippen molar-refractivity contribution in [3.8, 4) is 17.2 Å². The van der Waals surface area contributed by atoms with E-state index in [1.165, 1.54) is 30.5 Å². The Morgan fingerprint density at radius 3 is 2.81 bits per heavy atom. The van der Waals surface area contributed by atoms with E-state index in [4.69, 9.17) is 4.74 Å². The molecule has 27 heavy (non-hydrogen) atoms. The number of benzene rings is 2. The summed E-state index contributed by atoms with van der Waals surface area (Å²) in [4.78, 5) is 15.9. The average molecular weight is 364 g/mol. The molecule has 0 aliphatic rings. The quantitative estimate of drug-likeness (QED) is 0.509. The van der Waals surface area contributed by atoms with Crippen LogP contribution in [0.25, 0.3) is 6.08 Å². The second kappa shape index (κ2) is 8.14. The Bertz CT molecular complexity index is 988. The number of aryl methyl sites for hydroxylation is 1. The highest BCUT2D eigenvalue weighted by Crippen LogP contribution is 2.27. The Labute approximate surface area is 155 Å². The van der Waals surface area contributed by atoms with Crippen molar-refractivity contribution in [2.75, 3.05) is 5.32 Å². The minimum absolute atomic E-state index is 0.0159. The summed E-state index contributed by atoms with van der Waals surface area (Å²) in [5.74, 6) is -0.488. The van der Waals surface area contributed by atoms with E-state index in [9.17, 15) is 14.3 Å². The molecule has 3 rings (SSSR count). The van der Waals surface area contributed by atoms with Crippen LogP contribution in [0.1, 0.15) is 11.1 Å². The number of pyridine rings is 1. The van der Waals surface area contributed by atoms with E-state index < -0.39 is 11.7 Å². The first kappa shape index (κ1) is 18.1. The van der Waals surface area contributed by atoms with Crippen LogP contribution in [-0.4, -0.2) is 16.0 Å². The Kier molecular flexibility index (Phi) is 5.47. The minimum atomic E-state index is -0.558. The highest BCUT2D eigenvalue weighted by atomic mass is 19.1. The largest absolute Gasteiger partial charge is 0.505 e. The highest BCUT2D eigenvalue weighted by molar-refractivity contribution is 6.02. The van der Waals surface area contributed by atoms with Crippen molar-refractivity contribution in [1.29, 1.82) is 0 Å². The zero-order valence-corrected chi connectivity index (χ0v) is 14.5. The Morgan fingerprint density at radius 1 is 1.22 bits per heavy atom. The third-order valence-corrected chi connectivity index (χ3v) is 3.74. The lowest BCUT2D eigenvalue weighted by Crippen LogP contribution is -2.08. The SMILES string of the molecule is Cc1cccc(NC(=O)/C=C/c2ccc(Oc3cccnc3)c(F)c2)c1O. The van der Waals surface area contributed by atoms with Crippen molar-refractivity contribution in [2.24, 2.45) is 0 Å². The van der Waals surface area contributed by atoms with Gasteiger partial charge in [0.1, 0.15) is 11.5 Å². The fourth-order valence-electron chi connectivity index (χ4n) is 2.34. The summed E-state index contributed by atoms with van der Waals surface area (Å²) in [5, 5.41) is 12.5. The molecular formula is C21H17FN2O3. The summed E-state index contributed by atoms with van der Waals surface area (Å²) < 4.78 is 19.6. The van der Waals surface area contributed by atoms with Crippen LogP contribution in [0.15, 0.2) is 67.0 Å². The van der Waals surface area contributed by atoms with Gasteiger partial charge in [0.25, 0.3) is 0 Å². The summed E-state index contributed by atoms with van der Waals surface area (Å²) >= 11 is 0. The molecule has 0 aliphatic heterocycles. The molecule has 6 heteroatoms. The average Bonchev–Trinajstić information content (AvgIpc) is 2.67. The van der Waals surface area contributed by atoms with Crippen LogP contribution in [0.2, 0.25) is 0 Å². The maximum absolute atomic E-state index is 14.2. The van der Waals surface area contributed by atoms with E-state index in [0.717, 1.165) is 0 Å². The van der Waals surface area contributed by atoms with Crippen LogP contribution in [0, 0.1) is 12.7 Å². The number of carbonyl (C=O) groups excluding carboxylic acids is 1. The zero-order chi connectivity index (χ0) is 19.2. The van der Waals surface area contributed by atoms with Gasteiger partial charge < -0.3 is 15.2 Å². The number of anilines is 1. The molecule has 0 radical (unpaired) electrons. The molecule has 0 fully saturated rings. The standard InChI is InChI=1S/C21H17FN2O3/c1-14-4-2-6-18(21(14)26)24-20(25)10-8-15-7-9-19(17(22)12-15)27-16-5-3-11-23-13-16/h2-13,26H,1H3,(H,24,25)/b10-8+. The second-order valence-electron chi connectivity index (χ2n) is 5.77. The van der Waals surface area contributed by atoms with Gasteiger partial charge in [-0.15, -0.1) is 0 Å². The molecule has 1 amide bonds. The van der Waals surface area contributed by atoms with E-state index in [1.807, 2.05) is 0 Å². The number of nitrogens with zero attached hydrogens (tertiary/aromatic N) is 1. The zero-order valence-electron chi connectivity index (χ0n) is 14.5. The molecule has 136 valence electrons. The van der Waals surface area contributed by atoms with Gasteiger partial charge in [-0.2, -0.15) is 0 Å². The number of para-hydroxylation sites is 1. The number of phenolic OH excluding ortho intramolecular Hbond substituents is 1. The summed E-state index contributed by atoms with van der Waals surface area (Å²) in [6.45, 7) is 1.73. The number of aromatic hydroxyl groups is 1. The Morgan fingerprint density at radius 2 is 2.07 bits per heavy atom. The van der Waals surface area contributed by atoms with Gasteiger partial charge in [-0.25, -0.2) is 4.39 Å². The summed E-state index contributed by atoms with van der Waals surface area (Å²) in [7, 11) is 0. The Balaban J connectivity index is 1.67. The van der Waals surface area contributed by atoms with Gasteiger partial charge in [-0.3, -0.25) is 9.78 Å². The lowest BCUT2D eigenvalue weighted by atomic mass is 10.2. The predicted octanol–water partition coefficient (Wildman–Crippen LogP) is 4.68. The third-order valence-electron chi connectivity index (χ3n) is 3.74. The van der Waals surface area contributed by atoms with Crippen molar-refractivity contribution in [3.05, 3.63) is 83.9 Å². The van der Waals surface area contributed by atoms with Crippen molar-refractivity contribution in [2.45, 2.75) is 6.92 Å². The summed E-state index contributed by atoms with van der Waals surface area (Å²) in [6.07, 6.45) is 5.81. The minimum Gasteiger partial charge on any atom is -0.505 e. The van der Waals surface area contributed by atoms with Crippen LogP contribution in [0.5, 0.6) is 17.2 Å². The molecule has 0 unspecified atom stereocenters. The lowest BCUT2D eigenvalue weighted by molar-refractivity contribution is -0.111. The second-order valence-corrected chi connectivity index (χ2v) is 5.77. The summed E-state index contributed by atoms with van der Waals surface area (Å²) in [6, 6.07) is 12.8. The number of halogens is 1. The smallest absolute Gasteiger partial charge is 0.248 e. The van der Waals surface area contributed by atoms with Crippen LogP contribution in [-0.2, 0) is 4.79 Å². The predicted molar refractivity (Wildman–Crippen MR) is 101 cm³/mol. The molecule has 5 nitrogen and oxygen atoms in total. The number of amides is 1. The molecular weight excluding hydrogens is 347 g/mol. The van der Waals surface area contributed by atoms with Crippen molar-refractivity contribution in [3.63, 3.8) is 0 Å². The number of hydrogen-bond acceptors (Lipinski definition) is 4. The fraction of sp³-hybridized carbons (Fsp3) is 0.0476. The first-order valence-electron chi connectivity index (χ1n) is 8.18. The van der Waals surface area contributed by atoms with Gasteiger partial charge in [-0.1, -0.05) is 18.2 Å². The van der Waals surface area contributed by atoms with Crippen LogP contribution >= 0.6 is 0 Å². The fourth-order valence-corrected chi connectivity index (χ4v) is 2.34. The van der Waals surface area contributed by atoms with Crippen LogP contribution in [0.4, 0.5) is 10.1 Å². The monoisotopic (exact) mass is 364 g/mol. The molecule has 0 spiro atoms. The van der Waals surface area contributed by atoms with E-state index in [2.05, 4.69) is 10.3 Å². The number of aromatic nitrogens is 1. The molecule has 3 aromatic rings. The van der Waals surface area contributed by atoms with Gasteiger partial charge in [0, 0.05) is 12.3 Å². The molecule has 0 atom stereocenters. The summed E-state index contributed by atoms with van der Waals surface area (Å²) in [5.41, 5.74) is 1.47. The number of nitrogens with one attached hydrogen (secondary N) is 1. The van der Waals surface area contributed by atoms with Crippen LogP contribution in [0.3, 0.4) is 0 Å². The van der Waals surface area contributed by atoms with Gasteiger partial charge in [0.05, 0.1) is 11.9 Å². The van der Waals surface area contributed by atoms with E-state index in [-0.39, 0.29) is 11.5 Å². The maximum Gasteiger partial charge on any atom is 0.248 e. The molecule has 2 aromatic carbocycles. The molecule has 0 saturated heterocycles. The molecule has 0 aliphatic carbocycles. The van der Waals surface area contributed by atoms with Gasteiger partial charge in [0.15, 0.2) is 11.6 Å². The number of phenols is 1. The van der Waals surface area contributed by atoms with E-state index in [1.54, 1.807) is 49.5 Å². The van der Waals surface area contributed by atoms with Gasteiger partial charge >= 0.3 is 0 Å². The normalized spacial score (nSPS) is 10.7. The Hall–Kier alpha value is -3.67. The first-order chi connectivity index (χ1) is 13.0. The number of carbonyl (C=O) groups is 1. The van der Waals surface area contributed by atoms with E-state index >= 15 is 0 Å². The third kappa shape index (κ3) is 4.70. The van der Waals surface area contributed by atoms with Crippen molar-refractivity contribution < 1.29 is 19.0 Å². The molecule has 1 heterocycles.